The number of hydrogen-bond acceptors (Lipinski definition) is 4. The van der Waals surface area contributed by atoms with E-state index < -0.39 is 5.97 Å². The van der Waals surface area contributed by atoms with Gasteiger partial charge < -0.3 is 5.11 Å². The van der Waals surface area contributed by atoms with Crippen molar-refractivity contribution in [2.24, 2.45) is 0 Å². The molecule has 0 saturated carbocycles. The molecule has 23 heavy (non-hydrogen) atoms. The molecule has 0 unspecified atom stereocenters. The number of hydrogen-bond donors (Lipinski definition) is 1. The number of carbonyl (C=O) groups is 1. The fourth-order valence-electron chi connectivity index (χ4n) is 2.39. The van der Waals surface area contributed by atoms with Crippen LogP contribution in [0.3, 0.4) is 0 Å². The van der Waals surface area contributed by atoms with Crippen molar-refractivity contribution in [2.75, 3.05) is 0 Å². The zero-order chi connectivity index (χ0) is 16.4. The van der Waals surface area contributed by atoms with Crippen molar-refractivity contribution in [1.82, 2.24) is 20.2 Å². The van der Waals surface area contributed by atoms with Crippen LogP contribution in [-0.4, -0.2) is 31.3 Å². The molecule has 0 atom stereocenters. The molecular weight excluding hydrogens is 292 g/mol. The molecule has 1 aromatic heterocycles. The van der Waals surface area contributed by atoms with Crippen LogP contribution >= 0.6 is 0 Å². The number of aromatic carboxylic acids is 1. The Morgan fingerprint density at radius 1 is 1.09 bits per heavy atom. The molecule has 0 bridgehead atoms. The van der Waals surface area contributed by atoms with E-state index in [0.717, 1.165) is 11.1 Å². The van der Waals surface area contributed by atoms with Crippen molar-refractivity contribution >= 4 is 5.97 Å². The number of tetrazole rings is 1. The van der Waals surface area contributed by atoms with Crippen molar-refractivity contribution < 1.29 is 9.90 Å². The van der Waals surface area contributed by atoms with Crippen molar-refractivity contribution in [1.29, 1.82) is 0 Å². The van der Waals surface area contributed by atoms with E-state index in [1.807, 2.05) is 50.2 Å². The first-order valence-electron chi connectivity index (χ1n) is 7.28. The zero-order valence-electron chi connectivity index (χ0n) is 12.8. The predicted octanol–water partition coefficient (Wildman–Crippen LogP) is 3.15. The lowest BCUT2D eigenvalue weighted by Gasteiger charge is -2.10. The standard InChI is InChI=1S/C17H16N4O2/c1-11(2)16-18-19-20-21(16)15-9-13(8-14(10-15)17(22)23)12-6-4-3-5-7-12/h3-11H,1-2H3,(H,22,23). The number of rotatable bonds is 4. The van der Waals surface area contributed by atoms with E-state index in [0.29, 0.717) is 11.5 Å². The van der Waals surface area contributed by atoms with Gasteiger partial charge >= 0.3 is 5.97 Å². The van der Waals surface area contributed by atoms with Gasteiger partial charge in [-0.2, -0.15) is 4.68 Å². The van der Waals surface area contributed by atoms with Crippen molar-refractivity contribution in [3.63, 3.8) is 0 Å². The number of carboxylic acid groups (broad SMARTS) is 1. The van der Waals surface area contributed by atoms with Crippen LogP contribution in [-0.2, 0) is 0 Å². The average Bonchev–Trinajstić information content (AvgIpc) is 3.05. The van der Waals surface area contributed by atoms with E-state index in [-0.39, 0.29) is 11.5 Å². The molecule has 0 radical (unpaired) electrons. The Balaban J connectivity index is 2.19. The average molecular weight is 308 g/mol. The summed E-state index contributed by atoms with van der Waals surface area (Å²) in [6, 6.07) is 14.8. The van der Waals surface area contributed by atoms with Crippen molar-refractivity contribution in [3.05, 3.63) is 59.9 Å². The summed E-state index contributed by atoms with van der Waals surface area (Å²) in [4.78, 5) is 11.5. The number of nitrogens with zero attached hydrogens (tertiary/aromatic N) is 4. The molecule has 0 fully saturated rings. The third-order valence-corrected chi connectivity index (χ3v) is 3.53. The summed E-state index contributed by atoms with van der Waals surface area (Å²) in [5, 5.41) is 21.1. The second-order valence-electron chi connectivity index (χ2n) is 5.54. The lowest BCUT2D eigenvalue weighted by Crippen LogP contribution is -2.07. The Kier molecular flexibility index (Phi) is 3.89. The summed E-state index contributed by atoms with van der Waals surface area (Å²) in [6.45, 7) is 3.97. The van der Waals surface area contributed by atoms with Gasteiger partial charge in [-0.1, -0.05) is 44.2 Å². The lowest BCUT2D eigenvalue weighted by atomic mass is 10.0. The minimum Gasteiger partial charge on any atom is -0.478 e. The Labute approximate surface area is 133 Å². The number of benzene rings is 2. The molecule has 6 heteroatoms. The zero-order valence-corrected chi connectivity index (χ0v) is 12.8. The third kappa shape index (κ3) is 2.96. The fourth-order valence-corrected chi connectivity index (χ4v) is 2.39. The van der Waals surface area contributed by atoms with E-state index in [1.54, 1.807) is 16.8 Å². The second kappa shape index (κ2) is 6.00. The summed E-state index contributed by atoms with van der Waals surface area (Å²) in [7, 11) is 0. The normalized spacial score (nSPS) is 10.9. The maximum Gasteiger partial charge on any atom is 0.335 e. The van der Waals surface area contributed by atoms with Crippen LogP contribution in [0.15, 0.2) is 48.5 Å². The molecule has 2 aromatic carbocycles. The molecule has 3 rings (SSSR count). The molecule has 0 amide bonds. The van der Waals surface area contributed by atoms with Gasteiger partial charge in [0.1, 0.15) is 0 Å². The monoisotopic (exact) mass is 308 g/mol. The Bertz CT molecular complexity index is 841. The van der Waals surface area contributed by atoms with Gasteiger partial charge in [-0.15, -0.1) is 5.10 Å². The van der Waals surface area contributed by atoms with Crippen molar-refractivity contribution in [2.45, 2.75) is 19.8 Å². The van der Waals surface area contributed by atoms with Gasteiger partial charge in [-0.3, -0.25) is 0 Å². The summed E-state index contributed by atoms with van der Waals surface area (Å²) < 4.78 is 1.59. The first-order valence-corrected chi connectivity index (χ1v) is 7.28. The molecule has 0 aliphatic carbocycles. The van der Waals surface area contributed by atoms with E-state index in [2.05, 4.69) is 15.5 Å². The molecule has 3 aromatic rings. The first-order chi connectivity index (χ1) is 11.1. The number of carboxylic acids is 1. The molecule has 116 valence electrons. The molecule has 6 nitrogen and oxygen atoms in total. The summed E-state index contributed by atoms with van der Waals surface area (Å²) in [6.07, 6.45) is 0. The van der Waals surface area contributed by atoms with Gasteiger partial charge in [0.25, 0.3) is 0 Å². The molecule has 0 aliphatic heterocycles. The van der Waals surface area contributed by atoms with Crippen molar-refractivity contribution in [3.8, 4) is 16.8 Å². The highest BCUT2D eigenvalue weighted by Crippen LogP contribution is 2.25. The minimum absolute atomic E-state index is 0.124. The highest BCUT2D eigenvalue weighted by atomic mass is 16.4. The summed E-state index contributed by atoms with van der Waals surface area (Å²) in [5.74, 6) is -0.173. The van der Waals surface area contributed by atoms with Crippen LogP contribution in [0.1, 0.15) is 35.9 Å². The van der Waals surface area contributed by atoms with Gasteiger partial charge in [0.2, 0.25) is 0 Å². The van der Waals surface area contributed by atoms with Gasteiger partial charge in [-0.05, 0) is 39.8 Å². The second-order valence-corrected chi connectivity index (χ2v) is 5.54. The highest BCUT2D eigenvalue weighted by molar-refractivity contribution is 5.90. The predicted molar refractivity (Wildman–Crippen MR) is 85.6 cm³/mol. The van der Waals surface area contributed by atoms with Gasteiger partial charge in [0, 0.05) is 5.92 Å². The summed E-state index contributed by atoms with van der Waals surface area (Å²) >= 11 is 0. The fraction of sp³-hybridized carbons (Fsp3) is 0.176. The molecule has 1 heterocycles. The van der Waals surface area contributed by atoms with Gasteiger partial charge in [-0.25, -0.2) is 4.79 Å². The summed E-state index contributed by atoms with van der Waals surface area (Å²) in [5.41, 5.74) is 2.59. The van der Waals surface area contributed by atoms with E-state index in [1.165, 1.54) is 0 Å². The molecule has 0 aliphatic rings. The van der Waals surface area contributed by atoms with Crippen LogP contribution in [0.5, 0.6) is 0 Å². The highest BCUT2D eigenvalue weighted by Gasteiger charge is 2.15. The van der Waals surface area contributed by atoms with Crippen LogP contribution < -0.4 is 0 Å². The van der Waals surface area contributed by atoms with Crippen LogP contribution in [0, 0.1) is 0 Å². The Hall–Kier alpha value is -3.02. The van der Waals surface area contributed by atoms with Gasteiger partial charge in [0.15, 0.2) is 5.82 Å². The van der Waals surface area contributed by atoms with E-state index >= 15 is 0 Å². The lowest BCUT2D eigenvalue weighted by molar-refractivity contribution is 0.0697. The largest absolute Gasteiger partial charge is 0.478 e. The topological polar surface area (TPSA) is 80.9 Å². The van der Waals surface area contributed by atoms with E-state index in [4.69, 9.17) is 0 Å². The third-order valence-electron chi connectivity index (χ3n) is 3.53. The molecule has 1 N–H and O–H groups in total. The minimum atomic E-state index is -0.983. The van der Waals surface area contributed by atoms with Crippen LogP contribution in [0.2, 0.25) is 0 Å². The SMILES string of the molecule is CC(C)c1nnnn1-c1cc(C(=O)O)cc(-c2ccccc2)c1. The smallest absolute Gasteiger partial charge is 0.335 e. The first kappa shape index (κ1) is 14.9. The molecule has 0 spiro atoms. The molecular formula is C17H16N4O2. The van der Waals surface area contributed by atoms with E-state index in [9.17, 15) is 9.90 Å². The Morgan fingerprint density at radius 3 is 2.48 bits per heavy atom. The quantitative estimate of drug-likeness (QED) is 0.800. The van der Waals surface area contributed by atoms with Crippen LogP contribution in [0.4, 0.5) is 0 Å². The Morgan fingerprint density at radius 2 is 1.83 bits per heavy atom. The maximum absolute atomic E-state index is 11.5. The maximum atomic E-state index is 11.5. The van der Waals surface area contributed by atoms with Crippen LogP contribution in [0.25, 0.3) is 16.8 Å². The number of aromatic nitrogens is 4. The van der Waals surface area contributed by atoms with Gasteiger partial charge in [0.05, 0.1) is 11.3 Å². The molecule has 0 saturated heterocycles.